The Bertz CT molecular complexity index is 404. The quantitative estimate of drug-likeness (QED) is 0.870. The van der Waals surface area contributed by atoms with Gasteiger partial charge in [-0.05, 0) is 48.6 Å². The monoisotopic (exact) mass is 249 g/mol. The van der Waals surface area contributed by atoms with Crippen molar-refractivity contribution in [2.24, 2.45) is 5.41 Å². The molecule has 0 spiro atoms. The predicted octanol–water partition coefficient (Wildman–Crippen LogP) is 4.01. The second-order valence-corrected chi connectivity index (χ2v) is 6.04. The van der Waals surface area contributed by atoms with Gasteiger partial charge in [0.05, 0.1) is 7.11 Å². The molecular formula is C16H27NO. The van der Waals surface area contributed by atoms with Crippen molar-refractivity contribution in [3.63, 3.8) is 0 Å². The van der Waals surface area contributed by atoms with Crippen LogP contribution in [0.2, 0.25) is 0 Å². The van der Waals surface area contributed by atoms with Gasteiger partial charge in [0.25, 0.3) is 0 Å². The minimum atomic E-state index is 0.196. The molecular weight excluding hydrogens is 222 g/mol. The van der Waals surface area contributed by atoms with E-state index in [1.165, 1.54) is 16.7 Å². The number of hydrogen-bond donors (Lipinski definition) is 1. The normalized spacial score (nSPS) is 13.5. The molecule has 0 amide bonds. The van der Waals surface area contributed by atoms with Crippen LogP contribution in [0.3, 0.4) is 0 Å². The molecule has 18 heavy (non-hydrogen) atoms. The summed E-state index contributed by atoms with van der Waals surface area (Å²) in [5, 5.41) is 3.60. The predicted molar refractivity (Wildman–Crippen MR) is 78.3 cm³/mol. The summed E-state index contributed by atoms with van der Waals surface area (Å²) < 4.78 is 5.39. The van der Waals surface area contributed by atoms with Crippen molar-refractivity contribution in [2.45, 2.75) is 47.6 Å². The average Bonchev–Trinajstić information content (AvgIpc) is 2.27. The zero-order valence-corrected chi connectivity index (χ0v) is 12.8. The molecule has 0 heterocycles. The second-order valence-electron chi connectivity index (χ2n) is 6.04. The van der Waals surface area contributed by atoms with Gasteiger partial charge in [-0.25, -0.2) is 0 Å². The Balaban J connectivity index is 3.25. The summed E-state index contributed by atoms with van der Waals surface area (Å²) in [5.41, 5.74) is 4.06. The maximum absolute atomic E-state index is 5.39. The SMILES string of the molecule is CCNC(c1cc(C)c(OC)cc1C)C(C)(C)C. The molecule has 0 aromatic heterocycles. The van der Waals surface area contributed by atoms with Crippen LogP contribution in [0.4, 0.5) is 0 Å². The minimum absolute atomic E-state index is 0.196. The van der Waals surface area contributed by atoms with Crippen molar-refractivity contribution in [1.82, 2.24) is 5.32 Å². The number of ether oxygens (including phenoxy) is 1. The van der Waals surface area contributed by atoms with Crippen LogP contribution in [0.1, 0.15) is 50.4 Å². The molecule has 0 radical (unpaired) electrons. The van der Waals surface area contributed by atoms with Crippen molar-refractivity contribution in [1.29, 1.82) is 0 Å². The highest BCUT2D eigenvalue weighted by Crippen LogP contribution is 2.36. The van der Waals surface area contributed by atoms with Crippen molar-refractivity contribution < 1.29 is 4.74 Å². The Kier molecular flexibility index (Phi) is 4.80. The van der Waals surface area contributed by atoms with E-state index >= 15 is 0 Å². The summed E-state index contributed by atoms with van der Waals surface area (Å²) in [6, 6.07) is 4.76. The number of rotatable bonds is 4. The molecule has 1 rings (SSSR count). The summed E-state index contributed by atoms with van der Waals surface area (Å²) in [6.45, 7) is 14.2. The van der Waals surface area contributed by atoms with Crippen LogP contribution >= 0.6 is 0 Å². The van der Waals surface area contributed by atoms with Crippen LogP contribution in [-0.2, 0) is 0 Å². The van der Waals surface area contributed by atoms with Crippen molar-refractivity contribution in [3.05, 3.63) is 28.8 Å². The lowest BCUT2D eigenvalue weighted by molar-refractivity contribution is 0.275. The highest BCUT2D eigenvalue weighted by Gasteiger charge is 2.27. The average molecular weight is 249 g/mol. The lowest BCUT2D eigenvalue weighted by atomic mass is 9.80. The minimum Gasteiger partial charge on any atom is -0.496 e. The summed E-state index contributed by atoms with van der Waals surface area (Å²) in [5.74, 6) is 0.973. The van der Waals surface area contributed by atoms with E-state index in [1.807, 2.05) is 0 Å². The largest absolute Gasteiger partial charge is 0.496 e. The lowest BCUT2D eigenvalue weighted by Crippen LogP contribution is -2.32. The standard InChI is InChI=1S/C16H27NO/c1-8-17-15(16(4,5)6)13-9-12(3)14(18-7)10-11(13)2/h9-10,15,17H,8H2,1-7H3. The Morgan fingerprint density at radius 2 is 1.78 bits per heavy atom. The van der Waals surface area contributed by atoms with E-state index in [2.05, 4.69) is 59.0 Å². The zero-order chi connectivity index (χ0) is 13.9. The molecule has 2 heteroatoms. The topological polar surface area (TPSA) is 21.3 Å². The third-order valence-corrected chi connectivity index (χ3v) is 3.37. The van der Waals surface area contributed by atoms with Gasteiger partial charge in [-0.1, -0.05) is 33.8 Å². The van der Waals surface area contributed by atoms with E-state index in [-0.39, 0.29) is 5.41 Å². The van der Waals surface area contributed by atoms with Gasteiger partial charge in [-0.2, -0.15) is 0 Å². The molecule has 102 valence electrons. The molecule has 1 aromatic rings. The first-order chi connectivity index (χ1) is 8.31. The lowest BCUT2D eigenvalue weighted by Gasteiger charge is -2.33. The first kappa shape index (κ1) is 15.0. The number of nitrogens with one attached hydrogen (secondary N) is 1. The first-order valence-electron chi connectivity index (χ1n) is 6.69. The summed E-state index contributed by atoms with van der Waals surface area (Å²) in [4.78, 5) is 0. The van der Waals surface area contributed by atoms with Crippen molar-refractivity contribution in [2.75, 3.05) is 13.7 Å². The Hall–Kier alpha value is -1.02. The molecule has 0 saturated heterocycles. The van der Waals surface area contributed by atoms with E-state index in [1.54, 1.807) is 7.11 Å². The van der Waals surface area contributed by atoms with Crippen LogP contribution in [-0.4, -0.2) is 13.7 Å². The third-order valence-electron chi connectivity index (χ3n) is 3.37. The van der Waals surface area contributed by atoms with Gasteiger partial charge < -0.3 is 10.1 Å². The smallest absolute Gasteiger partial charge is 0.122 e. The van der Waals surface area contributed by atoms with Crippen LogP contribution < -0.4 is 10.1 Å². The number of aryl methyl sites for hydroxylation is 2. The third kappa shape index (κ3) is 3.26. The summed E-state index contributed by atoms with van der Waals surface area (Å²) >= 11 is 0. The zero-order valence-electron chi connectivity index (χ0n) is 12.8. The van der Waals surface area contributed by atoms with Crippen LogP contribution in [0.25, 0.3) is 0 Å². The Morgan fingerprint density at radius 3 is 2.22 bits per heavy atom. The fourth-order valence-electron chi connectivity index (χ4n) is 2.43. The molecule has 0 aliphatic heterocycles. The van der Waals surface area contributed by atoms with Gasteiger partial charge in [-0.15, -0.1) is 0 Å². The summed E-state index contributed by atoms with van der Waals surface area (Å²) in [7, 11) is 1.73. The molecule has 1 atom stereocenters. The van der Waals surface area contributed by atoms with Crippen molar-refractivity contribution >= 4 is 0 Å². The second kappa shape index (κ2) is 5.75. The summed E-state index contributed by atoms with van der Waals surface area (Å²) in [6.07, 6.45) is 0. The first-order valence-corrected chi connectivity index (χ1v) is 6.69. The molecule has 1 N–H and O–H groups in total. The van der Waals surface area contributed by atoms with Gasteiger partial charge >= 0.3 is 0 Å². The molecule has 1 aromatic carbocycles. The van der Waals surface area contributed by atoms with Crippen LogP contribution in [0, 0.1) is 19.3 Å². The molecule has 0 saturated carbocycles. The van der Waals surface area contributed by atoms with E-state index in [0.717, 1.165) is 12.3 Å². The Morgan fingerprint density at radius 1 is 1.17 bits per heavy atom. The van der Waals surface area contributed by atoms with Gasteiger partial charge in [0.15, 0.2) is 0 Å². The highest BCUT2D eigenvalue weighted by molar-refractivity contribution is 5.43. The van der Waals surface area contributed by atoms with E-state index in [9.17, 15) is 0 Å². The van der Waals surface area contributed by atoms with Crippen LogP contribution in [0.15, 0.2) is 12.1 Å². The number of benzene rings is 1. The fraction of sp³-hybridized carbons (Fsp3) is 0.625. The van der Waals surface area contributed by atoms with Gasteiger partial charge in [-0.3, -0.25) is 0 Å². The van der Waals surface area contributed by atoms with E-state index in [0.29, 0.717) is 6.04 Å². The number of hydrogen-bond acceptors (Lipinski definition) is 2. The molecule has 0 fully saturated rings. The molecule has 2 nitrogen and oxygen atoms in total. The Labute approximate surface area is 112 Å². The highest BCUT2D eigenvalue weighted by atomic mass is 16.5. The van der Waals surface area contributed by atoms with Gasteiger partial charge in [0, 0.05) is 6.04 Å². The number of methoxy groups -OCH3 is 1. The van der Waals surface area contributed by atoms with Crippen molar-refractivity contribution in [3.8, 4) is 5.75 Å². The molecule has 0 bridgehead atoms. The molecule has 0 aliphatic carbocycles. The molecule has 1 unspecified atom stereocenters. The van der Waals surface area contributed by atoms with E-state index < -0.39 is 0 Å². The maximum atomic E-state index is 5.39. The van der Waals surface area contributed by atoms with Crippen LogP contribution in [0.5, 0.6) is 5.75 Å². The van der Waals surface area contributed by atoms with Gasteiger partial charge in [0.2, 0.25) is 0 Å². The molecule has 0 aliphatic rings. The maximum Gasteiger partial charge on any atom is 0.122 e. The van der Waals surface area contributed by atoms with Gasteiger partial charge in [0.1, 0.15) is 5.75 Å². The van der Waals surface area contributed by atoms with E-state index in [4.69, 9.17) is 4.74 Å². The fourth-order valence-corrected chi connectivity index (χ4v) is 2.43.